The van der Waals surface area contributed by atoms with Crippen LogP contribution in [0.25, 0.3) is 0 Å². The number of urea groups is 1. The van der Waals surface area contributed by atoms with E-state index in [-0.39, 0.29) is 30.6 Å². The molecule has 1 aromatic rings. The Bertz CT molecular complexity index is 441. The van der Waals surface area contributed by atoms with Crippen LogP contribution in [0.5, 0.6) is 5.75 Å². The van der Waals surface area contributed by atoms with Crippen molar-refractivity contribution in [3.8, 4) is 5.75 Å². The molecule has 0 aliphatic heterocycles. The maximum Gasteiger partial charge on any atom is 0.315 e. The number of hydrogen-bond donors (Lipinski definition) is 3. The van der Waals surface area contributed by atoms with Crippen LogP contribution in [-0.4, -0.2) is 31.4 Å². The fraction of sp³-hybridized carbons (Fsp3) is 0.533. The Labute approximate surface area is 120 Å². The van der Waals surface area contributed by atoms with Crippen molar-refractivity contribution in [2.45, 2.75) is 26.8 Å². The number of para-hydroxylation sites is 1. The third-order valence-electron chi connectivity index (χ3n) is 2.99. The predicted octanol–water partition coefficient (Wildman–Crippen LogP) is 2.07. The monoisotopic (exact) mass is 280 g/mol. The van der Waals surface area contributed by atoms with Crippen molar-refractivity contribution in [3.05, 3.63) is 29.8 Å². The van der Waals surface area contributed by atoms with Crippen LogP contribution in [0.15, 0.2) is 24.3 Å². The summed E-state index contributed by atoms with van der Waals surface area (Å²) in [6, 6.07) is 7.14. The van der Waals surface area contributed by atoms with Gasteiger partial charge in [-0.1, -0.05) is 39.0 Å². The summed E-state index contributed by atoms with van der Waals surface area (Å²) in [5.74, 6) is 0.745. The topological polar surface area (TPSA) is 70.6 Å². The number of carbonyl (C=O) groups is 1. The molecular weight excluding hydrogens is 256 g/mol. The van der Waals surface area contributed by atoms with Crippen LogP contribution < -0.4 is 15.4 Å². The summed E-state index contributed by atoms with van der Waals surface area (Å²) in [6.45, 7) is 6.31. The molecule has 0 aliphatic carbocycles. The number of carbonyl (C=O) groups excluding carboxylic acids is 1. The second kappa shape index (κ2) is 7.14. The first-order valence-electron chi connectivity index (χ1n) is 6.68. The average molecular weight is 280 g/mol. The van der Waals surface area contributed by atoms with Crippen LogP contribution in [0.3, 0.4) is 0 Å². The largest absolute Gasteiger partial charge is 0.496 e. The predicted molar refractivity (Wildman–Crippen MR) is 78.8 cm³/mol. The second-order valence-electron chi connectivity index (χ2n) is 5.66. The summed E-state index contributed by atoms with van der Waals surface area (Å²) >= 11 is 0. The zero-order valence-corrected chi connectivity index (χ0v) is 12.6. The van der Waals surface area contributed by atoms with Gasteiger partial charge in [0.05, 0.1) is 19.8 Å². The molecule has 0 radical (unpaired) electrons. The summed E-state index contributed by atoms with van der Waals surface area (Å²) in [5.41, 5.74) is 0.757. The number of rotatable bonds is 5. The van der Waals surface area contributed by atoms with Crippen molar-refractivity contribution in [1.29, 1.82) is 0 Å². The van der Waals surface area contributed by atoms with Crippen LogP contribution >= 0.6 is 0 Å². The molecule has 0 heterocycles. The summed E-state index contributed by atoms with van der Waals surface area (Å²) in [6.07, 6.45) is 0. The van der Waals surface area contributed by atoms with E-state index in [4.69, 9.17) is 9.84 Å². The molecule has 3 N–H and O–H groups in total. The van der Waals surface area contributed by atoms with Gasteiger partial charge in [-0.2, -0.15) is 0 Å². The lowest BCUT2D eigenvalue weighted by atomic mass is 9.82. The van der Waals surface area contributed by atoms with Crippen molar-refractivity contribution in [2.75, 3.05) is 20.3 Å². The molecule has 0 aromatic heterocycles. The van der Waals surface area contributed by atoms with E-state index in [1.807, 2.05) is 24.3 Å². The van der Waals surface area contributed by atoms with E-state index < -0.39 is 0 Å². The molecule has 0 spiro atoms. The number of hydrogen-bond acceptors (Lipinski definition) is 3. The van der Waals surface area contributed by atoms with E-state index in [0.717, 1.165) is 11.3 Å². The molecule has 2 amide bonds. The first-order valence-corrected chi connectivity index (χ1v) is 6.68. The fourth-order valence-corrected chi connectivity index (χ4v) is 2.02. The summed E-state index contributed by atoms with van der Waals surface area (Å²) in [5, 5.41) is 14.3. The van der Waals surface area contributed by atoms with E-state index in [1.54, 1.807) is 7.11 Å². The Hall–Kier alpha value is -1.75. The Balaban J connectivity index is 2.98. The second-order valence-corrected chi connectivity index (χ2v) is 5.66. The minimum absolute atomic E-state index is 0.0811. The van der Waals surface area contributed by atoms with Gasteiger partial charge in [0.15, 0.2) is 0 Å². The molecule has 0 saturated heterocycles. The lowest BCUT2D eigenvalue weighted by Gasteiger charge is -2.32. The number of aliphatic hydroxyl groups excluding tert-OH is 1. The first kappa shape index (κ1) is 16.3. The highest BCUT2D eigenvalue weighted by molar-refractivity contribution is 5.74. The average Bonchev–Trinajstić information content (AvgIpc) is 2.41. The van der Waals surface area contributed by atoms with E-state index in [1.165, 1.54) is 0 Å². The van der Waals surface area contributed by atoms with E-state index in [0.29, 0.717) is 0 Å². The van der Waals surface area contributed by atoms with Gasteiger partial charge in [-0.15, -0.1) is 0 Å². The minimum atomic E-state index is -0.301. The van der Waals surface area contributed by atoms with Crippen LogP contribution in [0, 0.1) is 5.41 Å². The molecule has 1 unspecified atom stereocenters. The molecule has 5 nitrogen and oxygen atoms in total. The summed E-state index contributed by atoms with van der Waals surface area (Å²) in [4.78, 5) is 11.9. The smallest absolute Gasteiger partial charge is 0.315 e. The minimum Gasteiger partial charge on any atom is -0.496 e. The lowest BCUT2D eigenvalue weighted by molar-refractivity contribution is 0.212. The highest BCUT2D eigenvalue weighted by Crippen LogP contribution is 2.37. The van der Waals surface area contributed by atoms with E-state index in [2.05, 4.69) is 31.4 Å². The maximum absolute atomic E-state index is 11.9. The highest BCUT2D eigenvalue weighted by Gasteiger charge is 2.29. The molecule has 0 saturated carbocycles. The molecule has 0 fully saturated rings. The molecule has 20 heavy (non-hydrogen) atoms. The quantitative estimate of drug-likeness (QED) is 0.773. The molecule has 0 aliphatic rings. The Morgan fingerprint density at radius 1 is 1.35 bits per heavy atom. The van der Waals surface area contributed by atoms with Gasteiger partial charge in [0.1, 0.15) is 5.75 Å². The van der Waals surface area contributed by atoms with Gasteiger partial charge >= 0.3 is 6.03 Å². The van der Waals surface area contributed by atoms with Gasteiger partial charge < -0.3 is 20.5 Å². The molecule has 1 atom stereocenters. The van der Waals surface area contributed by atoms with Crippen molar-refractivity contribution >= 4 is 6.03 Å². The zero-order chi connectivity index (χ0) is 15.2. The van der Waals surface area contributed by atoms with Gasteiger partial charge in [-0.05, 0) is 11.5 Å². The third kappa shape index (κ3) is 4.42. The Morgan fingerprint density at radius 2 is 2.00 bits per heavy atom. The van der Waals surface area contributed by atoms with Gasteiger partial charge in [-0.25, -0.2) is 4.79 Å². The standard InChI is InChI=1S/C15H24N2O3/c1-15(2,3)13(17-14(19)16-9-10-18)11-7-5-6-8-12(11)20-4/h5-8,13,18H,9-10H2,1-4H3,(H2,16,17,19). The summed E-state index contributed by atoms with van der Waals surface area (Å²) < 4.78 is 5.37. The SMILES string of the molecule is COc1ccccc1C(NC(=O)NCCO)C(C)(C)C. The number of ether oxygens (including phenoxy) is 1. The normalized spacial score (nSPS) is 12.7. The van der Waals surface area contributed by atoms with E-state index in [9.17, 15) is 4.79 Å². The number of methoxy groups -OCH3 is 1. The lowest BCUT2D eigenvalue weighted by Crippen LogP contribution is -2.43. The summed E-state index contributed by atoms with van der Waals surface area (Å²) in [7, 11) is 1.62. The van der Waals surface area contributed by atoms with Gasteiger partial charge in [0.2, 0.25) is 0 Å². The van der Waals surface area contributed by atoms with Gasteiger partial charge in [0, 0.05) is 12.1 Å². The highest BCUT2D eigenvalue weighted by atomic mass is 16.5. The molecular formula is C15H24N2O3. The van der Waals surface area contributed by atoms with Crippen LogP contribution in [0.4, 0.5) is 4.79 Å². The van der Waals surface area contributed by atoms with Gasteiger partial charge in [-0.3, -0.25) is 0 Å². The van der Waals surface area contributed by atoms with E-state index >= 15 is 0 Å². The number of amides is 2. The van der Waals surface area contributed by atoms with Crippen molar-refractivity contribution in [1.82, 2.24) is 10.6 Å². The number of benzene rings is 1. The third-order valence-corrected chi connectivity index (χ3v) is 2.99. The van der Waals surface area contributed by atoms with Crippen molar-refractivity contribution in [3.63, 3.8) is 0 Å². The molecule has 1 aromatic carbocycles. The molecule has 112 valence electrons. The molecule has 5 heteroatoms. The van der Waals surface area contributed by atoms with Crippen molar-refractivity contribution < 1.29 is 14.6 Å². The zero-order valence-electron chi connectivity index (χ0n) is 12.6. The van der Waals surface area contributed by atoms with Crippen LogP contribution in [0.2, 0.25) is 0 Å². The van der Waals surface area contributed by atoms with Crippen LogP contribution in [-0.2, 0) is 0 Å². The fourth-order valence-electron chi connectivity index (χ4n) is 2.02. The number of aliphatic hydroxyl groups is 1. The first-order chi connectivity index (χ1) is 9.40. The molecule has 1 rings (SSSR count). The molecule has 0 bridgehead atoms. The number of nitrogens with one attached hydrogen (secondary N) is 2. The van der Waals surface area contributed by atoms with Crippen molar-refractivity contribution in [2.24, 2.45) is 5.41 Å². The van der Waals surface area contributed by atoms with Crippen LogP contribution in [0.1, 0.15) is 32.4 Å². The Morgan fingerprint density at radius 3 is 2.55 bits per heavy atom. The van der Waals surface area contributed by atoms with Gasteiger partial charge in [0.25, 0.3) is 0 Å². The maximum atomic E-state index is 11.9. The Kier molecular flexibility index (Phi) is 5.82.